The van der Waals surface area contributed by atoms with Crippen LogP contribution < -0.4 is 0 Å². The van der Waals surface area contributed by atoms with Gasteiger partial charge in [-0.15, -0.1) is 0 Å². The molecule has 250 valence electrons. The molecule has 0 aromatic heterocycles. The summed E-state index contributed by atoms with van der Waals surface area (Å²) in [5.41, 5.74) is 2.43. The van der Waals surface area contributed by atoms with Crippen LogP contribution in [0.2, 0.25) is 0 Å². The van der Waals surface area contributed by atoms with Crippen molar-refractivity contribution in [3.8, 4) is 0 Å². The predicted octanol–water partition coefficient (Wildman–Crippen LogP) is 8.29. The van der Waals surface area contributed by atoms with Crippen molar-refractivity contribution in [2.45, 2.75) is 102 Å². The van der Waals surface area contributed by atoms with Crippen LogP contribution in [-0.4, -0.2) is 40.2 Å². The Kier molecular flexibility index (Phi) is 9.19. The van der Waals surface area contributed by atoms with Gasteiger partial charge in [0, 0.05) is 17.9 Å². The normalized spacial score (nSPS) is 35.1. The zero-order chi connectivity index (χ0) is 32.8. The van der Waals surface area contributed by atoms with Crippen LogP contribution in [0.5, 0.6) is 0 Å². The summed E-state index contributed by atoms with van der Waals surface area (Å²) in [6, 6.07) is 31.8. The van der Waals surface area contributed by atoms with E-state index < -0.39 is 11.7 Å². The van der Waals surface area contributed by atoms with Gasteiger partial charge in [0.15, 0.2) is 0 Å². The van der Waals surface area contributed by atoms with Gasteiger partial charge in [0.25, 0.3) is 0 Å². The van der Waals surface area contributed by atoms with E-state index in [4.69, 9.17) is 4.74 Å². The van der Waals surface area contributed by atoms with Gasteiger partial charge >= 0.3 is 0 Å². The number of fused-ring (bicyclic) bond motifs is 5. The molecule has 4 saturated carbocycles. The van der Waals surface area contributed by atoms with E-state index in [0.717, 1.165) is 61.6 Å². The lowest BCUT2D eigenvalue weighted by molar-refractivity contribution is -0.121. The number of rotatable bonds is 9. The third-order valence-corrected chi connectivity index (χ3v) is 13.5. The molecule has 4 aliphatic rings. The summed E-state index contributed by atoms with van der Waals surface area (Å²) in [4.78, 5) is 0. The maximum Gasteiger partial charge on any atom is 0.143 e. The first-order valence-electron chi connectivity index (χ1n) is 18.3. The van der Waals surface area contributed by atoms with Crippen LogP contribution in [0, 0.1) is 46.3 Å². The van der Waals surface area contributed by atoms with Crippen LogP contribution in [0.15, 0.2) is 91.0 Å². The van der Waals surface area contributed by atoms with E-state index in [1.807, 2.05) is 0 Å². The molecule has 47 heavy (non-hydrogen) atoms. The minimum Gasteiger partial charge on any atom is -0.393 e. The summed E-state index contributed by atoms with van der Waals surface area (Å²) in [5, 5.41) is 34.1. The molecule has 3 aromatic carbocycles. The van der Waals surface area contributed by atoms with Gasteiger partial charge in [0.2, 0.25) is 0 Å². The van der Waals surface area contributed by atoms with Crippen molar-refractivity contribution in [2.75, 3.05) is 6.61 Å². The lowest BCUT2D eigenvalue weighted by Gasteiger charge is -2.63. The van der Waals surface area contributed by atoms with E-state index in [1.165, 1.54) is 11.8 Å². The molecule has 0 spiro atoms. The van der Waals surface area contributed by atoms with Crippen molar-refractivity contribution < 1.29 is 20.1 Å². The Balaban J connectivity index is 1.08. The Labute approximate surface area is 282 Å². The van der Waals surface area contributed by atoms with Crippen LogP contribution in [0.4, 0.5) is 0 Å². The van der Waals surface area contributed by atoms with Crippen LogP contribution in [0.1, 0.15) is 95.2 Å². The van der Waals surface area contributed by atoms with Crippen LogP contribution in [0.3, 0.4) is 0 Å². The fourth-order valence-electron chi connectivity index (χ4n) is 11.0. The Morgan fingerprint density at radius 1 is 0.766 bits per heavy atom. The molecule has 3 aromatic rings. The van der Waals surface area contributed by atoms with Crippen molar-refractivity contribution in [1.29, 1.82) is 0 Å². The molecule has 4 nitrogen and oxygen atoms in total. The molecule has 0 bridgehead atoms. The first-order valence-corrected chi connectivity index (χ1v) is 18.3. The first-order chi connectivity index (χ1) is 22.7. The fraction of sp³-hybridized carbons (Fsp3) is 0.535. The molecule has 7 rings (SSSR count). The standard InChI is InChI=1S/C43H54O4/c1-29(14-13-25-47-43(30-15-7-4-8-16-30,31-17-9-5-10-18-31)32-19-11-6-12-20-32)35-21-22-36-40-37(28-39(46)42(35,36)3)41(2)24-23-34(44)26-33(41)27-38(40)45/h4-12,15-20,29,34-39,44-46H,13-14,21-28H2,1-3H3/t29-,34-,35-,36+,37+,38-,39+,41+,42-/m1/s1. The molecule has 0 amide bonds. The van der Waals surface area contributed by atoms with E-state index in [0.29, 0.717) is 31.3 Å². The highest BCUT2D eigenvalue weighted by molar-refractivity contribution is 5.47. The van der Waals surface area contributed by atoms with Gasteiger partial charge in [-0.1, -0.05) is 112 Å². The molecule has 0 unspecified atom stereocenters. The molecule has 4 fully saturated rings. The average Bonchev–Trinajstić information content (AvgIpc) is 3.45. The van der Waals surface area contributed by atoms with Gasteiger partial charge in [-0.05, 0) is 109 Å². The number of hydrogen-bond acceptors (Lipinski definition) is 4. The molecule has 3 N–H and O–H groups in total. The summed E-state index contributed by atoms with van der Waals surface area (Å²) < 4.78 is 7.10. The second kappa shape index (κ2) is 13.1. The molecule has 4 heteroatoms. The monoisotopic (exact) mass is 634 g/mol. The number of hydrogen-bond donors (Lipinski definition) is 3. The van der Waals surface area contributed by atoms with Gasteiger partial charge in [-0.3, -0.25) is 0 Å². The smallest absolute Gasteiger partial charge is 0.143 e. The van der Waals surface area contributed by atoms with E-state index in [1.54, 1.807) is 0 Å². The van der Waals surface area contributed by atoms with Gasteiger partial charge in [-0.2, -0.15) is 0 Å². The topological polar surface area (TPSA) is 69.9 Å². The molecular weight excluding hydrogens is 580 g/mol. The minimum absolute atomic E-state index is 0.0140. The summed E-state index contributed by atoms with van der Waals surface area (Å²) >= 11 is 0. The summed E-state index contributed by atoms with van der Waals surface area (Å²) in [6.45, 7) is 7.70. The fourth-order valence-corrected chi connectivity index (χ4v) is 11.0. The van der Waals surface area contributed by atoms with Crippen molar-refractivity contribution in [3.63, 3.8) is 0 Å². The van der Waals surface area contributed by atoms with E-state index in [-0.39, 0.29) is 34.9 Å². The summed E-state index contributed by atoms with van der Waals surface area (Å²) in [5.74, 6) is 3.96. The summed E-state index contributed by atoms with van der Waals surface area (Å²) in [7, 11) is 0. The van der Waals surface area contributed by atoms with Crippen molar-refractivity contribution in [1.82, 2.24) is 0 Å². The molecule has 9 atom stereocenters. The molecule has 0 saturated heterocycles. The van der Waals surface area contributed by atoms with Gasteiger partial charge in [0.05, 0.1) is 18.3 Å². The Bertz CT molecular complexity index is 1360. The number of benzene rings is 3. The number of aliphatic hydroxyl groups excluding tert-OH is 3. The van der Waals surface area contributed by atoms with Gasteiger partial charge in [-0.25, -0.2) is 0 Å². The molecular formula is C43H54O4. The van der Waals surface area contributed by atoms with Gasteiger partial charge in [0.1, 0.15) is 5.60 Å². The maximum atomic E-state index is 12.0. The van der Waals surface area contributed by atoms with Gasteiger partial charge < -0.3 is 20.1 Å². The Morgan fingerprint density at radius 3 is 1.91 bits per heavy atom. The SMILES string of the molecule is C[C@H](CCCOC(c1ccccc1)(c1ccccc1)c1ccccc1)[C@H]1CC[C@H]2[C]3[C@H](O)C[C]4C[C@H](O)CC[C@]4(C)[C@H]3C[C@H](O)[C@]12C. The largest absolute Gasteiger partial charge is 0.393 e. The van der Waals surface area contributed by atoms with E-state index >= 15 is 0 Å². The average molecular weight is 635 g/mol. The third-order valence-electron chi connectivity index (χ3n) is 13.5. The Morgan fingerprint density at radius 2 is 1.34 bits per heavy atom. The zero-order valence-electron chi connectivity index (χ0n) is 28.5. The van der Waals surface area contributed by atoms with Crippen LogP contribution >= 0.6 is 0 Å². The molecule has 0 heterocycles. The van der Waals surface area contributed by atoms with Crippen molar-refractivity contribution >= 4 is 0 Å². The van der Waals surface area contributed by atoms with E-state index in [2.05, 4.69) is 112 Å². The minimum atomic E-state index is -0.707. The number of aliphatic hydroxyl groups is 3. The highest BCUT2D eigenvalue weighted by Gasteiger charge is 2.66. The molecule has 4 aliphatic carbocycles. The lowest BCUT2D eigenvalue weighted by Crippen LogP contribution is -2.61. The lowest BCUT2D eigenvalue weighted by atomic mass is 9.43. The van der Waals surface area contributed by atoms with Crippen molar-refractivity contribution in [2.24, 2.45) is 34.5 Å². The zero-order valence-corrected chi connectivity index (χ0v) is 28.5. The maximum absolute atomic E-state index is 12.0. The third kappa shape index (κ3) is 5.52. The Hall–Kier alpha value is -2.50. The molecule has 2 radical (unpaired) electrons. The highest BCUT2D eigenvalue weighted by atomic mass is 16.5. The second-order valence-electron chi connectivity index (χ2n) is 15.8. The van der Waals surface area contributed by atoms with Crippen LogP contribution in [0.25, 0.3) is 0 Å². The second-order valence-corrected chi connectivity index (χ2v) is 15.8. The molecule has 0 aliphatic heterocycles. The van der Waals surface area contributed by atoms with Crippen molar-refractivity contribution in [3.05, 3.63) is 120 Å². The van der Waals surface area contributed by atoms with Crippen LogP contribution in [-0.2, 0) is 10.3 Å². The number of ether oxygens (including phenoxy) is 1. The first kappa shape index (κ1) is 33.0. The predicted molar refractivity (Wildman–Crippen MR) is 187 cm³/mol. The quantitative estimate of drug-likeness (QED) is 0.164. The highest BCUT2D eigenvalue weighted by Crippen LogP contribution is 2.69. The van der Waals surface area contributed by atoms with E-state index in [9.17, 15) is 15.3 Å². The summed E-state index contributed by atoms with van der Waals surface area (Å²) in [6.07, 6.45) is 6.89.